The lowest BCUT2D eigenvalue weighted by Crippen LogP contribution is -2.39. The lowest BCUT2D eigenvalue weighted by Gasteiger charge is -2.32. The van der Waals surface area contributed by atoms with E-state index in [0.29, 0.717) is 25.1 Å². The van der Waals surface area contributed by atoms with E-state index in [1.807, 2.05) is 6.20 Å². The van der Waals surface area contributed by atoms with Crippen LogP contribution in [0, 0.1) is 0 Å². The fourth-order valence-electron chi connectivity index (χ4n) is 3.91. The molecule has 1 N–H and O–H groups in total. The molecule has 1 aromatic heterocycles. The van der Waals surface area contributed by atoms with E-state index < -0.39 is 10.0 Å². The number of Topliss-reactive ketones (excluding diaryl/α,β-unsaturated/α-hetero) is 1. The largest absolute Gasteiger partial charge is 0.307 e. The van der Waals surface area contributed by atoms with Crippen LogP contribution in [-0.4, -0.2) is 41.4 Å². The third kappa shape index (κ3) is 3.33. The van der Waals surface area contributed by atoms with Crippen molar-refractivity contribution in [3.63, 3.8) is 0 Å². The van der Waals surface area contributed by atoms with Crippen LogP contribution in [0.4, 0.5) is 0 Å². The van der Waals surface area contributed by atoms with Crippen molar-refractivity contribution in [2.24, 2.45) is 0 Å². The predicted octanol–water partition coefficient (Wildman–Crippen LogP) is 2.10. The number of fused-ring (bicyclic) bond motifs is 1. The number of carbonyl (C=O) groups is 1. The first-order chi connectivity index (χ1) is 13.0. The molecule has 0 atom stereocenters. The number of hydrogen-bond donors (Lipinski definition) is 1. The van der Waals surface area contributed by atoms with Gasteiger partial charge in [-0.3, -0.25) is 9.48 Å². The van der Waals surface area contributed by atoms with Gasteiger partial charge >= 0.3 is 0 Å². The summed E-state index contributed by atoms with van der Waals surface area (Å²) in [5.74, 6) is -0.0492. The molecule has 8 heteroatoms. The zero-order valence-corrected chi connectivity index (χ0v) is 16.2. The first kappa shape index (κ1) is 18.3. The Labute approximate surface area is 159 Å². The van der Waals surface area contributed by atoms with Crippen molar-refractivity contribution in [3.05, 3.63) is 47.3 Å². The van der Waals surface area contributed by atoms with Gasteiger partial charge in [0, 0.05) is 43.7 Å². The van der Waals surface area contributed by atoms with Crippen LogP contribution >= 0.6 is 0 Å². The van der Waals surface area contributed by atoms with Gasteiger partial charge in [0.05, 0.1) is 22.8 Å². The normalized spacial score (nSPS) is 18.6. The minimum absolute atomic E-state index is 0.0492. The topological polar surface area (TPSA) is 84.3 Å². The average Bonchev–Trinajstić information content (AvgIpc) is 3.31. The van der Waals surface area contributed by atoms with E-state index in [9.17, 15) is 13.2 Å². The smallest absolute Gasteiger partial charge is 0.243 e. The molecule has 3 heterocycles. The monoisotopic (exact) mass is 388 g/mol. The molecule has 7 nitrogen and oxygen atoms in total. The lowest BCUT2D eigenvalue weighted by atomic mass is 10.1. The highest BCUT2D eigenvalue weighted by atomic mass is 32.2. The minimum atomic E-state index is -3.59. The third-order valence-electron chi connectivity index (χ3n) is 5.48. The van der Waals surface area contributed by atoms with E-state index in [2.05, 4.69) is 15.1 Å². The fraction of sp³-hybridized carbons (Fsp3) is 0.474. The molecule has 2 aromatic rings. The summed E-state index contributed by atoms with van der Waals surface area (Å²) in [5.41, 5.74) is 2.91. The zero-order valence-electron chi connectivity index (χ0n) is 15.4. The standard InChI is InChI=1S/C19H24N4O3S/c1-2-19(24)14-4-3-5-17(10-14)27(25,26)22-8-6-16(7-9-22)23-18-13-20-11-15(18)12-21-23/h3-5,10,12,16,20H,2,6-9,11,13H2,1H3. The summed E-state index contributed by atoms with van der Waals surface area (Å²) < 4.78 is 29.6. The van der Waals surface area contributed by atoms with Crippen LogP contribution in [0.5, 0.6) is 0 Å². The van der Waals surface area contributed by atoms with Gasteiger partial charge in [-0.15, -0.1) is 0 Å². The summed E-state index contributed by atoms with van der Waals surface area (Å²) >= 11 is 0. The van der Waals surface area contributed by atoms with Crippen LogP contribution in [0.2, 0.25) is 0 Å². The van der Waals surface area contributed by atoms with Crippen molar-refractivity contribution in [3.8, 4) is 0 Å². The van der Waals surface area contributed by atoms with Crippen molar-refractivity contribution in [2.45, 2.75) is 50.2 Å². The predicted molar refractivity (Wildman–Crippen MR) is 101 cm³/mol. The molecule has 0 aliphatic carbocycles. The third-order valence-corrected chi connectivity index (χ3v) is 7.37. The molecule has 0 amide bonds. The van der Waals surface area contributed by atoms with E-state index in [0.717, 1.165) is 25.9 Å². The lowest BCUT2D eigenvalue weighted by molar-refractivity contribution is 0.0988. The number of nitrogens with one attached hydrogen (secondary N) is 1. The molecular formula is C19H24N4O3S. The van der Waals surface area contributed by atoms with E-state index >= 15 is 0 Å². The number of rotatable bonds is 5. The van der Waals surface area contributed by atoms with Gasteiger partial charge in [0.15, 0.2) is 5.78 Å². The van der Waals surface area contributed by atoms with Crippen molar-refractivity contribution in [1.82, 2.24) is 19.4 Å². The highest BCUT2D eigenvalue weighted by Gasteiger charge is 2.32. The quantitative estimate of drug-likeness (QED) is 0.793. The Bertz CT molecular complexity index is 959. The molecule has 2 aliphatic heterocycles. The fourth-order valence-corrected chi connectivity index (χ4v) is 5.42. The van der Waals surface area contributed by atoms with Crippen LogP contribution in [0.25, 0.3) is 0 Å². The van der Waals surface area contributed by atoms with Crippen LogP contribution in [0.1, 0.15) is 53.8 Å². The molecule has 0 unspecified atom stereocenters. The Balaban J connectivity index is 1.49. The van der Waals surface area contributed by atoms with E-state index in [1.165, 1.54) is 21.6 Å². The Morgan fingerprint density at radius 1 is 1.26 bits per heavy atom. The number of aromatic nitrogens is 2. The molecule has 1 aromatic carbocycles. The summed E-state index contributed by atoms with van der Waals surface area (Å²) in [6.07, 6.45) is 3.74. The molecule has 27 heavy (non-hydrogen) atoms. The number of ketones is 1. The molecule has 4 rings (SSSR count). The van der Waals surface area contributed by atoms with Crippen molar-refractivity contribution in [2.75, 3.05) is 13.1 Å². The molecule has 2 aliphatic rings. The molecule has 1 saturated heterocycles. The molecule has 144 valence electrons. The van der Waals surface area contributed by atoms with Gasteiger partial charge < -0.3 is 5.32 Å². The van der Waals surface area contributed by atoms with Crippen molar-refractivity contribution in [1.29, 1.82) is 0 Å². The van der Waals surface area contributed by atoms with E-state index in [4.69, 9.17) is 0 Å². The number of carbonyl (C=O) groups excluding carboxylic acids is 1. The van der Waals surface area contributed by atoms with Gasteiger partial charge in [-0.1, -0.05) is 19.1 Å². The van der Waals surface area contributed by atoms with Crippen LogP contribution in [0.15, 0.2) is 35.4 Å². The van der Waals surface area contributed by atoms with Gasteiger partial charge in [-0.05, 0) is 25.0 Å². The summed E-state index contributed by atoms with van der Waals surface area (Å²) in [5, 5.41) is 7.84. The number of piperidine rings is 1. The summed E-state index contributed by atoms with van der Waals surface area (Å²) in [7, 11) is -3.59. The Hall–Kier alpha value is -2.03. The van der Waals surface area contributed by atoms with Gasteiger partial charge in [-0.25, -0.2) is 8.42 Å². The first-order valence-corrected chi connectivity index (χ1v) is 10.8. The highest BCUT2D eigenvalue weighted by Crippen LogP contribution is 2.29. The average molecular weight is 388 g/mol. The van der Waals surface area contributed by atoms with E-state index in [1.54, 1.807) is 25.1 Å². The molecule has 0 radical (unpaired) electrons. The Kier molecular flexibility index (Phi) is 4.88. The maximum Gasteiger partial charge on any atom is 0.243 e. The summed E-state index contributed by atoms with van der Waals surface area (Å²) in [4.78, 5) is 12.1. The number of sulfonamides is 1. The van der Waals surface area contributed by atoms with Gasteiger partial charge in [-0.2, -0.15) is 9.40 Å². The first-order valence-electron chi connectivity index (χ1n) is 9.40. The molecular weight excluding hydrogens is 364 g/mol. The van der Waals surface area contributed by atoms with Crippen molar-refractivity contribution >= 4 is 15.8 Å². The maximum atomic E-state index is 13.0. The van der Waals surface area contributed by atoms with Gasteiger partial charge in [0.2, 0.25) is 10.0 Å². The second kappa shape index (κ2) is 7.18. The molecule has 0 bridgehead atoms. The highest BCUT2D eigenvalue weighted by molar-refractivity contribution is 7.89. The van der Waals surface area contributed by atoms with Gasteiger partial charge in [0.1, 0.15) is 0 Å². The second-order valence-corrected chi connectivity index (χ2v) is 9.04. The van der Waals surface area contributed by atoms with Crippen molar-refractivity contribution < 1.29 is 13.2 Å². The zero-order chi connectivity index (χ0) is 19.0. The Morgan fingerprint density at radius 3 is 2.78 bits per heavy atom. The maximum absolute atomic E-state index is 13.0. The summed E-state index contributed by atoms with van der Waals surface area (Å²) in [6.45, 7) is 4.37. The van der Waals surface area contributed by atoms with Crippen LogP contribution in [-0.2, 0) is 23.1 Å². The summed E-state index contributed by atoms with van der Waals surface area (Å²) in [6, 6.07) is 6.61. The van der Waals surface area contributed by atoms with Crippen LogP contribution in [0.3, 0.4) is 0 Å². The number of hydrogen-bond acceptors (Lipinski definition) is 5. The molecule has 0 saturated carbocycles. The number of nitrogens with zero attached hydrogens (tertiary/aromatic N) is 3. The van der Waals surface area contributed by atoms with E-state index in [-0.39, 0.29) is 16.7 Å². The Morgan fingerprint density at radius 2 is 2.04 bits per heavy atom. The minimum Gasteiger partial charge on any atom is -0.307 e. The van der Waals surface area contributed by atoms with Crippen LogP contribution < -0.4 is 5.32 Å². The molecule has 0 spiro atoms. The second-order valence-electron chi connectivity index (χ2n) is 7.10. The SMILES string of the molecule is CCC(=O)c1cccc(S(=O)(=O)N2CCC(n3ncc4c3CNC4)CC2)c1. The number of benzene rings is 1. The van der Waals surface area contributed by atoms with Gasteiger partial charge in [0.25, 0.3) is 0 Å². The molecule has 1 fully saturated rings.